The first-order valence-corrected chi connectivity index (χ1v) is 7.81. The predicted molar refractivity (Wildman–Crippen MR) is 85.8 cm³/mol. The Balaban J connectivity index is 1.92. The number of benzene rings is 1. The van der Waals surface area contributed by atoms with E-state index >= 15 is 0 Å². The van der Waals surface area contributed by atoms with Crippen molar-refractivity contribution in [1.29, 1.82) is 5.26 Å². The van der Waals surface area contributed by atoms with Crippen LogP contribution in [0.5, 0.6) is 0 Å². The lowest BCUT2D eigenvalue weighted by Gasteiger charge is -2.34. The van der Waals surface area contributed by atoms with E-state index in [2.05, 4.69) is 21.4 Å². The molecule has 1 heterocycles. The van der Waals surface area contributed by atoms with E-state index in [1.807, 2.05) is 12.1 Å². The molecule has 1 aromatic rings. The maximum Gasteiger partial charge on any atom is 0.325 e. The third kappa shape index (κ3) is 4.78. The minimum absolute atomic E-state index is 0.0372. The van der Waals surface area contributed by atoms with Crippen LogP contribution in [0.2, 0.25) is 0 Å². The Labute approximate surface area is 140 Å². The average Bonchev–Trinajstić information content (AvgIpc) is 2.61. The number of carbonyl (C=O) groups is 2. The van der Waals surface area contributed by atoms with Gasteiger partial charge in [0.05, 0.1) is 24.8 Å². The van der Waals surface area contributed by atoms with Gasteiger partial charge in [-0.25, -0.2) is 0 Å². The van der Waals surface area contributed by atoms with Crippen molar-refractivity contribution >= 4 is 11.9 Å². The number of methoxy groups -OCH3 is 1. The number of esters is 1. The molecule has 0 aliphatic carbocycles. The minimum atomic E-state index is -0.792. The summed E-state index contributed by atoms with van der Waals surface area (Å²) in [7, 11) is 1.25. The third-order valence-electron chi connectivity index (χ3n) is 4.09. The molecule has 7 nitrogen and oxygen atoms in total. The number of hydrogen-bond donors (Lipinski definition) is 3. The number of nitrogens with zero attached hydrogens (tertiary/aromatic N) is 1. The van der Waals surface area contributed by atoms with Crippen LogP contribution in [-0.4, -0.2) is 48.8 Å². The van der Waals surface area contributed by atoms with Crippen molar-refractivity contribution in [2.75, 3.05) is 13.7 Å². The lowest BCUT2D eigenvalue weighted by atomic mass is 9.91. The maximum atomic E-state index is 12.1. The Bertz CT molecular complexity index is 624. The zero-order chi connectivity index (χ0) is 17.5. The van der Waals surface area contributed by atoms with E-state index in [1.54, 1.807) is 12.1 Å². The second kappa shape index (κ2) is 8.43. The minimum Gasteiger partial charge on any atom is -0.468 e. The summed E-state index contributed by atoms with van der Waals surface area (Å²) in [6.07, 6.45) is 1.14. The van der Waals surface area contributed by atoms with Crippen molar-refractivity contribution in [3.8, 4) is 6.07 Å². The maximum absolute atomic E-state index is 12.1. The van der Waals surface area contributed by atoms with E-state index in [4.69, 9.17) is 5.26 Å². The van der Waals surface area contributed by atoms with Gasteiger partial charge in [-0.3, -0.25) is 9.59 Å². The normalized spacial score (nSPS) is 23.1. The number of nitriles is 1. The topological polar surface area (TPSA) is 111 Å². The van der Waals surface area contributed by atoms with Crippen LogP contribution < -0.4 is 10.6 Å². The second-order valence-corrected chi connectivity index (χ2v) is 5.79. The van der Waals surface area contributed by atoms with Crippen molar-refractivity contribution in [3.63, 3.8) is 0 Å². The largest absolute Gasteiger partial charge is 0.468 e. The summed E-state index contributed by atoms with van der Waals surface area (Å²) < 4.78 is 4.47. The third-order valence-corrected chi connectivity index (χ3v) is 4.09. The summed E-state index contributed by atoms with van der Waals surface area (Å²) in [6, 6.07) is 8.64. The molecule has 1 aliphatic rings. The van der Waals surface area contributed by atoms with Crippen LogP contribution in [0.4, 0.5) is 0 Å². The molecule has 128 valence electrons. The molecule has 1 aromatic carbocycles. The van der Waals surface area contributed by atoms with Gasteiger partial charge in [-0.15, -0.1) is 0 Å². The van der Waals surface area contributed by atoms with Crippen LogP contribution >= 0.6 is 0 Å². The average molecular weight is 331 g/mol. The number of hydrogen-bond acceptors (Lipinski definition) is 6. The van der Waals surface area contributed by atoms with Gasteiger partial charge in [-0.2, -0.15) is 5.26 Å². The number of aliphatic hydroxyl groups excluding tert-OH is 1. The molecule has 24 heavy (non-hydrogen) atoms. The summed E-state index contributed by atoms with van der Waals surface area (Å²) in [5, 5.41) is 24.5. The highest BCUT2D eigenvalue weighted by molar-refractivity contribution is 5.86. The smallest absolute Gasteiger partial charge is 0.325 e. The van der Waals surface area contributed by atoms with E-state index in [0.717, 1.165) is 12.0 Å². The quantitative estimate of drug-likeness (QED) is 0.648. The molecule has 0 aromatic heterocycles. The second-order valence-electron chi connectivity index (χ2n) is 5.79. The Morgan fingerprint density at radius 3 is 2.71 bits per heavy atom. The van der Waals surface area contributed by atoms with Gasteiger partial charge in [0.1, 0.15) is 12.6 Å². The number of ether oxygens (including phenoxy) is 1. The highest BCUT2D eigenvalue weighted by Gasteiger charge is 2.33. The van der Waals surface area contributed by atoms with Crippen molar-refractivity contribution in [3.05, 3.63) is 35.4 Å². The van der Waals surface area contributed by atoms with E-state index in [1.165, 1.54) is 7.11 Å². The molecule has 0 spiro atoms. The Morgan fingerprint density at radius 2 is 2.08 bits per heavy atom. The van der Waals surface area contributed by atoms with Gasteiger partial charge < -0.3 is 20.5 Å². The standard InChI is InChI=1S/C17H21N3O4/c1-24-15(22)10-19-17(23)16-14(21)7-6-13(20-16)8-11-2-4-12(9-18)5-3-11/h2-5,13-14,16,20-21H,6-8,10H2,1H3,(H,19,23). The molecule has 3 N–H and O–H groups in total. The van der Waals surface area contributed by atoms with Crippen molar-refractivity contribution in [1.82, 2.24) is 10.6 Å². The zero-order valence-corrected chi connectivity index (χ0v) is 13.5. The van der Waals surface area contributed by atoms with Gasteiger partial charge in [0.15, 0.2) is 0 Å². The van der Waals surface area contributed by atoms with Gasteiger partial charge in [-0.1, -0.05) is 12.1 Å². The van der Waals surface area contributed by atoms with Crippen LogP contribution in [-0.2, 0) is 20.7 Å². The summed E-state index contributed by atoms with van der Waals surface area (Å²) >= 11 is 0. The monoisotopic (exact) mass is 331 g/mol. The summed E-state index contributed by atoms with van der Waals surface area (Å²) in [4.78, 5) is 23.2. The number of amides is 1. The van der Waals surface area contributed by atoms with Gasteiger partial charge in [-0.05, 0) is 37.0 Å². The lowest BCUT2D eigenvalue weighted by Crippen LogP contribution is -2.58. The van der Waals surface area contributed by atoms with Crippen molar-refractivity contribution < 1.29 is 19.4 Å². The Kier molecular flexibility index (Phi) is 6.29. The highest BCUT2D eigenvalue weighted by Crippen LogP contribution is 2.18. The zero-order valence-electron chi connectivity index (χ0n) is 13.5. The summed E-state index contributed by atoms with van der Waals surface area (Å²) in [5.74, 6) is -0.958. The Morgan fingerprint density at radius 1 is 1.38 bits per heavy atom. The molecule has 2 rings (SSSR count). The van der Waals surface area contributed by atoms with E-state index < -0.39 is 24.0 Å². The molecular formula is C17H21N3O4. The fraction of sp³-hybridized carbons (Fsp3) is 0.471. The first-order chi connectivity index (χ1) is 11.5. The van der Waals surface area contributed by atoms with E-state index in [-0.39, 0.29) is 12.6 Å². The Hall–Kier alpha value is -2.43. The molecule has 1 amide bonds. The molecule has 3 unspecified atom stereocenters. The van der Waals surface area contributed by atoms with E-state index in [0.29, 0.717) is 18.4 Å². The van der Waals surface area contributed by atoms with Crippen LogP contribution in [0, 0.1) is 11.3 Å². The number of nitrogens with one attached hydrogen (secondary N) is 2. The molecule has 3 atom stereocenters. The molecule has 1 fully saturated rings. The number of carbonyl (C=O) groups excluding carboxylic acids is 2. The van der Waals surface area contributed by atoms with Crippen LogP contribution in [0.25, 0.3) is 0 Å². The number of aliphatic hydroxyl groups is 1. The molecule has 7 heteroatoms. The summed E-state index contributed by atoms with van der Waals surface area (Å²) in [6.45, 7) is -0.222. The van der Waals surface area contributed by atoms with Crippen LogP contribution in [0.15, 0.2) is 24.3 Å². The molecule has 0 saturated carbocycles. The van der Waals surface area contributed by atoms with Gasteiger partial charge in [0.2, 0.25) is 5.91 Å². The molecule has 1 saturated heterocycles. The summed E-state index contributed by atoms with van der Waals surface area (Å²) in [5.41, 5.74) is 1.66. The molecular weight excluding hydrogens is 310 g/mol. The van der Waals surface area contributed by atoms with Crippen LogP contribution in [0.1, 0.15) is 24.0 Å². The fourth-order valence-corrected chi connectivity index (χ4v) is 2.74. The predicted octanol–water partition coefficient (Wildman–Crippen LogP) is -0.129. The molecule has 0 radical (unpaired) electrons. The molecule has 1 aliphatic heterocycles. The van der Waals surface area contributed by atoms with Gasteiger partial charge >= 0.3 is 5.97 Å². The van der Waals surface area contributed by atoms with Gasteiger partial charge in [0, 0.05) is 6.04 Å². The first-order valence-electron chi connectivity index (χ1n) is 7.81. The fourth-order valence-electron chi connectivity index (χ4n) is 2.74. The number of rotatable bonds is 5. The van der Waals surface area contributed by atoms with Gasteiger partial charge in [0.25, 0.3) is 0 Å². The van der Waals surface area contributed by atoms with E-state index in [9.17, 15) is 14.7 Å². The number of piperidine rings is 1. The molecule has 0 bridgehead atoms. The lowest BCUT2D eigenvalue weighted by molar-refractivity contribution is -0.142. The van der Waals surface area contributed by atoms with Crippen LogP contribution in [0.3, 0.4) is 0 Å². The van der Waals surface area contributed by atoms with Crippen molar-refractivity contribution in [2.45, 2.75) is 37.5 Å². The SMILES string of the molecule is COC(=O)CNC(=O)C1NC(Cc2ccc(C#N)cc2)CCC1O. The first kappa shape index (κ1) is 17.9. The van der Waals surface area contributed by atoms with Crippen molar-refractivity contribution in [2.24, 2.45) is 0 Å². The highest BCUT2D eigenvalue weighted by atomic mass is 16.5.